The number of carbonyl (C=O) groups excluding carboxylic acids is 1. The number of aromatic nitrogens is 1. The van der Waals surface area contributed by atoms with Gasteiger partial charge in [0.1, 0.15) is 41.5 Å². The molecule has 0 bridgehead atoms. The highest BCUT2D eigenvalue weighted by atomic mass is 79.9. The number of amides is 1. The van der Waals surface area contributed by atoms with Crippen LogP contribution < -0.4 is 35.8 Å². The predicted molar refractivity (Wildman–Crippen MR) is 390 cm³/mol. The van der Waals surface area contributed by atoms with Gasteiger partial charge in [0.2, 0.25) is 22.2 Å². The highest BCUT2D eigenvalue weighted by Gasteiger charge is 2.21. The number of fused-ring (bicyclic) bond motifs is 6. The number of alkyl halides is 1. The fraction of sp³-hybridized carbons (Fsp3) is 0.408. The molecule has 2 N–H and O–H groups in total. The van der Waals surface area contributed by atoms with Crippen molar-refractivity contribution in [2.24, 2.45) is 0 Å². The maximum Gasteiger partial charge on any atom is 0.220 e. The average molecular weight is 1480 g/mol. The number of piperidine rings is 3. The molecule has 4 fully saturated rings. The summed E-state index contributed by atoms with van der Waals surface area (Å²) in [5.74, 6) is 2.41. The lowest BCUT2D eigenvalue weighted by Gasteiger charge is -2.26. The van der Waals surface area contributed by atoms with E-state index in [1.165, 1.54) is 90.3 Å². The first-order chi connectivity index (χ1) is 46.1. The van der Waals surface area contributed by atoms with Gasteiger partial charge in [0.15, 0.2) is 34.0 Å². The summed E-state index contributed by atoms with van der Waals surface area (Å²) in [6, 6.07) is 30.9. The van der Waals surface area contributed by atoms with E-state index in [1.54, 1.807) is 60.8 Å². The minimum Gasteiger partial charge on any atom is -0.504 e. The number of nitrogens with one attached hydrogen (secondary N) is 1. The van der Waals surface area contributed by atoms with Gasteiger partial charge in [-0.05, 0) is 232 Å². The highest BCUT2D eigenvalue weighted by Crippen LogP contribution is 2.34. The Balaban J connectivity index is 0.000000146. The summed E-state index contributed by atoms with van der Waals surface area (Å²) in [4.78, 5) is 62.7. The van der Waals surface area contributed by atoms with E-state index in [0.717, 1.165) is 88.8 Å². The molecule has 4 aliphatic rings. The summed E-state index contributed by atoms with van der Waals surface area (Å²) in [6.45, 7) is 17.0. The van der Waals surface area contributed by atoms with E-state index in [4.69, 9.17) is 27.5 Å². The molecule has 6 aromatic carbocycles. The zero-order chi connectivity index (χ0) is 66.4. The SMILES string of the molecule is BrCCN1CCCCC1.Cc1cc(O)c2oc3cc(Br)ccc3c(=O)c2c1.Cc1cc(OCCN2CCCCC2)c2oc3cc(Br)ccc3c(=O)c2c1.Cc1cc(OCCN2CCCCC2)c2oc3cc(Oc4ccc(CCC(=O)NC5CCCC5)nc4)ccc3c(=O)c2c1. The molecule has 7 heterocycles. The largest absolute Gasteiger partial charge is 0.504 e. The third-order valence-corrected chi connectivity index (χ3v) is 19.3. The number of pyridine rings is 1. The van der Waals surface area contributed by atoms with Crippen LogP contribution in [0.4, 0.5) is 0 Å². The number of phenolic OH excluding ortho intramolecular Hbond substituents is 1. The van der Waals surface area contributed by atoms with Crippen LogP contribution in [-0.2, 0) is 11.2 Å². The molecule has 0 spiro atoms. The molecule has 0 unspecified atom stereocenters. The van der Waals surface area contributed by atoms with E-state index in [-0.39, 0.29) is 33.5 Å². The van der Waals surface area contributed by atoms with Gasteiger partial charge in [-0.3, -0.25) is 34.0 Å². The second-order valence-electron chi connectivity index (χ2n) is 25.4. The standard InChI is InChI=1S/C34H39N3O5.C21H22BrNO3.C14H9BrO3.C7H14BrN/c1-23-19-29-33(39)28-13-12-26(21-30(28)42-34(29)31(20-23)40-18-17-37-15-5-2-6-16-37)41-27-11-9-24(35-22-27)10-14-32(38)36-25-7-3-4-8-25;1-14-11-17-20(24)16-6-5-15(22)13-18(16)26-21(17)19(12-14)25-10-9-23-7-3-2-4-8-23;1-7-4-10-13(17)9-3-2-8(15)6-12(9)18-14(10)11(16)5-7;8-4-7-9-5-2-1-3-6-9/h9,11-13,19-22,25H,2-8,10,14-18H2,1H3,(H,36,38);5-6,11-13H,2-4,7-10H2,1H3;2-6,16H,1H3;1-7H2. The monoisotopic (exact) mass is 1480 g/mol. The molecule has 3 aliphatic heterocycles. The maximum absolute atomic E-state index is 13.4. The van der Waals surface area contributed by atoms with Gasteiger partial charge < -0.3 is 42.8 Å². The highest BCUT2D eigenvalue weighted by molar-refractivity contribution is 9.10. The Morgan fingerprint density at radius 3 is 1.45 bits per heavy atom. The third-order valence-electron chi connectivity index (χ3n) is 18.0. The van der Waals surface area contributed by atoms with E-state index in [1.807, 2.05) is 69.3 Å². The van der Waals surface area contributed by atoms with Crippen molar-refractivity contribution in [1.29, 1.82) is 0 Å². The Hall–Kier alpha value is -7.13. The lowest BCUT2D eigenvalue weighted by molar-refractivity contribution is -0.121. The number of aromatic hydroxyl groups is 1. The van der Waals surface area contributed by atoms with Gasteiger partial charge in [-0.1, -0.05) is 79.9 Å². The summed E-state index contributed by atoms with van der Waals surface area (Å²) in [5, 5.41) is 17.2. The van der Waals surface area contributed by atoms with Gasteiger partial charge >= 0.3 is 0 Å². The summed E-state index contributed by atoms with van der Waals surface area (Å²) >= 11 is 10.2. The molecule has 1 saturated carbocycles. The number of likely N-dealkylation sites (tertiary alicyclic amines) is 3. The Labute approximate surface area is 578 Å². The Kier molecular flexibility index (Phi) is 24.2. The Morgan fingerprint density at radius 1 is 0.526 bits per heavy atom. The van der Waals surface area contributed by atoms with Crippen molar-refractivity contribution in [1.82, 2.24) is 25.0 Å². The van der Waals surface area contributed by atoms with Crippen LogP contribution in [0.25, 0.3) is 65.8 Å². The van der Waals surface area contributed by atoms with E-state index in [9.17, 15) is 24.3 Å². The molecule has 500 valence electrons. The predicted octanol–water partition coefficient (Wildman–Crippen LogP) is 16.8. The van der Waals surface area contributed by atoms with Gasteiger partial charge in [0, 0.05) is 58.1 Å². The van der Waals surface area contributed by atoms with Crippen LogP contribution in [0.3, 0.4) is 0 Å². The van der Waals surface area contributed by atoms with Crippen molar-refractivity contribution in [3.8, 4) is 28.7 Å². The van der Waals surface area contributed by atoms with Crippen LogP contribution in [-0.4, -0.2) is 114 Å². The van der Waals surface area contributed by atoms with Gasteiger partial charge in [-0.2, -0.15) is 0 Å². The Bertz CT molecular complexity index is 4490. The van der Waals surface area contributed by atoms with E-state index in [0.29, 0.717) is 115 Å². The smallest absolute Gasteiger partial charge is 0.220 e. The first-order valence-electron chi connectivity index (χ1n) is 33.6. The van der Waals surface area contributed by atoms with Crippen LogP contribution in [0, 0.1) is 20.8 Å². The lowest BCUT2D eigenvalue weighted by Crippen LogP contribution is -2.33. The van der Waals surface area contributed by atoms with E-state index >= 15 is 0 Å². The zero-order valence-electron chi connectivity index (χ0n) is 54.5. The molecular weight excluding hydrogens is 1400 g/mol. The third kappa shape index (κ3) is 18.3. The molecule has 10 aromatic rings. The molecule has 1 aliphatic carbocycles. The molecular formula is C76H84Br3N5O11. The van der Waals surface area contributed by atoms with Crippen molar-refractivity contribution in [2.75, 3.05) is 77.4 Å². The average Bonchev–Trinajstić information content (AvgIpc) is 1.56. The van der Waals surface area contributed by atoms with Crippen molar-refractivity contribution >= 4 is 120 Å². The number of halogens is 3. The van der Waals surface area contributed by atoms with E-state index in [2.05, 4.69) is 72.8 Å². The molecule has 1 amide bonds. The summed E-state index contributed by atoms with van der Waals surface area (Å²) < 4.78 is 37.9. The second-order valence-corrected chi connectivity index (χ2v) is 28.0. The summed E-state index contributed by atoms with van der Waals surface area (Å²) in [6.07, 6.45) is 19.1. The van der Waals surface area contributed by atoms with Crippen molar-refractivity contribution in [2.45, 2.75) is 123 Å². The van der Waals surface area contributed by atoms with E-state index < -0.39 is 0 Å². The zero-order valence-corrected chi connectivity index (χ0v) is 59.3. The minimum absolute atomic E-state index is 0.0102. The quantitative estimate of drug-likeness (QED) is 0.0686. The number of hydrogen-bond acceptors (Lipinski definition) is 15. The van der Waals surface area contributed by atoms with Gasteiger partial charge in [0.05, 0.1) is 38.5 Å². The number of aryl methyl sites for hydroxylation is 4. The molecule has 0 atom stereocenters. The van der Waals surface area contributed by atoms with Crippen LogP contribution >= 0.6 is 47.8 Å². The van der Waals surface area contributed by atoms with Crippen LogP contribution in [0.15, 0.2) is 146 Å². The second kappa shape index (κ2) is 33.2. The topological polar surface area (TPSA) is 190 Å². The summed E-state index contributed by atoms with van der Waals surface area (Å²) in [5.41, 5.74) is 6.06. The lowest BCUT2D eigenvalue weighted by atomic mass is 10.1. The number of phenols is 1. The molecule has 16 nitrogen and oxygen atoms in total. The number of rotatable bonds is 16. The number of benzene rings is 6. The molecule has 4 aromatic heterocycles. The van der Waals surface area contributed by atoms with Crippen molar-refractivity contribution in [3.63, 3.8) is 0 Å². The fourth-order valence-electron chi connectivity index (χ4n) is 13.0. The number of nitrogens with zero attached hydrogens (tertiary/aromatic N) is 4. The van der Waals surface area contributed by atoms with Crippen LogP contribution in [0.5, 0.6) is 28.7 Å². The molecule has 19 heteroatoms. The first kappa shape index (κ1) is 69.2. The van der Waals surface area contributed by atoms with Crippen LogP contribution in [0.1, 0.15) is 112 Å². The van der Waals surface area contributed by atoms with Gasteiger partial charge in [-0.15, -0.1) is 0 Å². The Morgan fingerprint density at radius 2 is 0.968 bits per heavy atom. The fourth-order valence-corrected chi connectivity index (χ4v) is 14.2. The normalized spacial score (nSPS) is 15.7. The summed E-state index contributed by atoms with van der Waals surface area (Å²) in [7, 11) is 0. The first-order valence-corrected chi connectivity index (χ1v) is 36.3. The number of ether oxygens (including phenoxy) is 3. The molecule has 95 heavy (non-hydrogen) atoms. The number of hydrogen-bond donors (Lipinski definition) is 2. The van der Waals surface area contributed by atoms with Gasteiger partial charge in [-0.25, -0.2) is 0 Å². The molecule has 3 saturated heterocycles. The van der Waals surface area contributed by atoms with Crippen LogP contribution in [0.2, 0.25) is 0 Å². The minimum atomic E-state index is -0.127. The number of carbonyl (C=O) groups is 1. The maximum atomic E-state index is 13.4. The molecule has 0 radical (unpaired) electrons. The van der Waals surface area contributed by atoms with Crippen molar-refractivity contribution < 1.29 is 37.4 Å². The van der Waals surface area contributed by atoms with Crippen molar-refractivity contribution in [3.05, 3.63) is 171 Å². The molecule has 14 rings (SSSR count). The van der Waals surface area contributed by atoms with Gasteiger partial charge in [0.25, 0.3) is 0 Å².